The van der Waals surface area contributed by atoms with Crippen LogP contribution in [0.3, 0.4) is 0 Å². The predicted octanol–water partition coefficient (Wildman–Crippen LogP) is 1.60. The summed E-state index contributed by atoms with van der Waals surface area (Å²) in [5.41, 5.74) is 2.18. The van der Waals surface area contributed by atoms with Crippen LogP contribution in [-0.2, 0) is 4.79 Å². The molecular formula is C12H15F2N3O. The first kappa shape index (κ1) is 12.8. The Morgan fingerprint density at radius 3 is 2.83 bits per heavy atom. The highest BCUT2D eigenvalue weighted by Gasteiger charge is 2.29. The number of alkyl halides is 2. The molecule has 0 saturated carbocycles. The Hall–Kier alpha value is -1.69. The van der Waals surface area contributed by atoms with Crippen molar-refractivity contribution in [2.75, 3.05) is 30.9 Å². The summed E-state index contributed by atoms with van der Waals surface area (Å²) in [4.78, 5) is 13.1. The third-order valence-electron chi connectivity index (χ3n) is 3.01. The van der Waals surface area contributed by atoms with E-state index in [9.17, 15) is 13.6 Å². The fourth-order valence-corrected chi connectivity index (χ4v) is 2.09. The minimum absolute atomic E-state index is 0.124. The van der Waals surface area contributed by atoms with Crippen LogP contribution in [0.2, 0.25) is 0 Å². The van der Waals surface area contributed by atoms with Gasteiger partial charge in [0, 0.05) is 24.0 Å². The lowest BCUT2D eigenvalue weighted by Gasteiger charge is -2.19. The normalized spacial score (nSPS) is 17.8. The molecule has 1 atom stereocenters. The van der Waals surface area contributed by atoms with Crippen LogP contribution in [0.5, 0.6) is 0 Å². The number of benzene rings is 1. The number of nitrogens with zero attached hydrogens (tertiary/aromatic N) is 1. The van der Waals surface area contributed by atoms with Gasteiger partial charge in [0.2, 0.25) is 5.91 Å². The van der Waals surface area contributed by atoms with Gasteiger partial charge in [-0.05, 0) is 19.2 Å². The van der Waals surface area contributed by atoms with E-state index in [0.717, 1.165) is 5.56 Å². The summed E-state index contributed by atoms with van der Waals surface area (Å²) >= 11 is 0. The number of carbonyl (C=O) groups is 1. The number of halogens is 2. The first-order chi connectivity index (χ1) is 8.52. The molecule has 1 unspecified atom stereocenters. The monoisotopic (exact) mass is 255 g/mol. The number of amides is 1. The van der Waals surface area contributed by atoms with Crippen molar-refractivity contribution < 1.29 is 13.6 Å². The topological polar surface area (TPSA) is 44.4 Å². The predicted molar refractivity (Wildman–Crippen MR) is 66.1 cm³/mol. The van der Waals surface area contributed by atoms with Crippen molar-refractivity contribution in [3.05, 3.63) is 23.8 Å². The first-order valence-electron chi connectivity index (χ1n) is 5.64. The van der Waals surface area contributed by atoms with Gasteiger partial charge in [-0.15, -0.1) is 0 Å². The Bertz CT molecular complexity index is 465. The molecule has 2 rings (SSSR count). The fraction of sp³-hybridized carbons (Fsp3) is 0.417. The van der Waals surface area contributed by atoms with E-state index < -0.39 is 6.43 Å². The van der Waals surface area contributed by atoms with Crippen LogP contribution < -0.4 is 15.5 Å². The molecule has 6 heteroatoms. The molecule has 98 valence electrons. The molecule has 0 aromatic heterocycles. The van der Waals surface area contributed by atoms with E-state index in [1.54, 1.807) is 32.3 Å². The van der Waals surface area contributed by atoms with Gasteiger partial charge in [0.15, 0.2) is 0 Å². The second-order valence-corrected chi connectivity index (χ2v) is 4.25. The Kier molecular flexibility index (Phi) is 3.47. The summed E-state index contributed by atoms with van der Waals surface area (Å²) < 4.78 is 24.6. The molecule has 0 bridgehead atoms. The Labute approximate surface area is 104 Å². The van der Waals surface area contributed by atoms with Gasteiger partial charge >= 0.3 is 0 Å². The summed E-state index contributed by atoms with van der Waals surface area (Å²) in [5.74, 6) is -0.124. The number of carbonyl (C=O) groups excluding carboxylic acids is 1. The zero-order chi connectivity index (χ0) is 13.3. The van der Waals surface area contributed by atoms with E-state index in [1.165, 1.54) is 4.90 Å². The molecule has 4 nitrogen and oxygen atoms in total. The lowest BCUT2D eigenvalue weighted by Crippen LogP contribution is -2.24. The van der Waals surface area contributed by atoms with E-state index in [0.29, 0.717) is 11.4 Å². The van der Waals surface area contributed by atoms with Crippen LogP contribution in [0.15, 0.2) is 18.2 Å². The van der Waals surface area contributed by atoms with Crippen molar-refractivity contribution in [2.45, 2.75) is 12.5 Å². The highest BCUT2D eigenvalue weighted by molar-refractivity contribution is 6.03. The van der Waals surface area contributed by atoms with Gasteiger partial charge in [0.05, 0.1) is 6.54 Å². The van der Waals surface area contributed by atoms with Crippen molar-refractivity contribution in [3.63, 3.8) is 0 Å². The molecule has 1 aliphatic rings. The van der Waals surface area contributed by atoms with E-state index in [4.69, 9.17) is 0 Å². The molecular weight excluding hydrogens is 240 g/mol. The smallest absolute Gasteiger partial charge is 0.255 e. The molecule has 0 aliphatic carbocycles. The Morgan fingerprint density at radius 1 is 1.50 bits per heavy atom. The van der Waals surface area contributed by atoms with Gasteiger partial charge in [-0.25, -0.2) is 8.78 Å². The zero-order valence-electron chi connectivity index (χ0n) is 10.2. The second kappa shape index (κ2) is 4.89. The lowest BCUT2D eigenvalue weighted by atomic mass is 10.1. The van der Waals surface area contributed by atoms with E-state index in [2.05, 4.69) is 10.6 Å². The minimum Gasteiger partial charge on any atom is -0.369 e. The number of hydrogen-bond donors (Lipinski definition) is 2. The highest BCUT2D eigenvalue weighted by Crippen LogP contribution is 2.33. The lowest BCUT2D eigenvalue weighted by molar-refractivity contribution is -0.117. The van der Waals surface area contributed by atoms with Crippen LogP contribution in [-0.4, -0.2) is 33.0 Å². The molecule has 1 heterocycles. The van der Waals surface area contributed by atoms with Crippen LogP contribution in [0, 0.1) is 0 Å². The van der Waals surface area contributed by atoms with Gasteiger partial charge in [-0.2, -0.15) is 0 Å². The van der Waals surface area contributed by atoms with Crippen molar-refractivity contribution in [1.29, 1.82) is 0 Å². The Balaban J connectivity index is 2.24. The van der Waals surface area contributed by atoms with Crippen molar-refractivity contribution >= 4 is 17.3 Å². The minimum atomic E-state index is -2.39. The molecule has 2 N–H and O–H groups in total. The number of nitrogens with one attached hydrogen (secondary N) is 2. The summed E-state index contributed by atoms with van der Waals surface area (Å²) in [6.45, 7) is -0.331. The highest BCUT2D eigenvalue weighted by atomic mass is 19.3. The average molecular weight is 255 g/mol. The van der Waals surface area contributed by atoms with Crippen molar-refractivity contribution in [2.24, 2.45) is 0 Å². The third-order valence-corrected chi connectivity index (χ3v) is 3.01. The van der Waals surface area contributed by atoms with Crippen molar-refractivity contribution in [3.8, 4) is 0 Å². The summed E-state index contributed by atoms with van der Waals surface area (Å²) in [6, 6.07) is 4.87. The third kappa shape index (κ3) is 2.28. The van der Waals surface area contributed by atoms with Gasteiger partial charge in [0.25, 0.3) is 6.43 Å². The molecule has 0 fully saturated rings. The molecule has 1 aromatic carbocycles. The fourth-order valence-electron chi connectivity index (χ4n) is 2.09. The summed E-state index contributed by atoms with van der Waals surface area (Å²) in [5, 5.41) is 5.64. The standard InChI is InChI=1S/C12H15F2N3O/c1-15-11-8-4-3-7(17(2)6-10(13)14)5-9(8)16-12(11)18/h3-5,10-11,15H,6H2,1-2H3,(H,16,18). The maximum Gasteiger partial charge on any atom is 0.255 e. The molecule has 1 amide bonds. The number of anilines is 2. The van der Waals surface area contributed by atoms with Gasteiger partial charge in [-0.1, -0.05) is 6.07 Å². The maximum absolute atomic E-state index is 12.3. The molecule has 18 heavy (non-hydrogen) atoms. The number of likely N-dealkylation sites (N-methyl/N-ethyl adjacent to an activating group) is 1. The van der Waals surface area contributed by atoms with Crippen LogP contribution in [0.1, 0.15) is 11.6 Å². The molecule has 1 aromatic rings. The first-order valence-corrected chi connectivity index (χ1v) is 5.64. The number of fused-ring (bicyclic) bond motifs is 1. The molecule has 0 saturated heterocycles. The number of hydrogen-bond acceptors (Lipinski definition) is 3. The molecule has 1 aliphatic heterocycles. The second-order valence-electron chi connectivity index (χ2n) is 4.25. The summed E-state index contributed by atoms with van der Waals surface area (Å²) in [6.07, 6.45) is -2.39. The van der Waals surface area contributed by atoms with E-state index in [-0.39, 0.29) is 18.5 Å². The van der Waals surface area contributed by atoms with Crippen molar-refractivity contribution in [1.82, 2.24) is 5.32 Å². The quantitative estimate of drug-likeness (QED) is 0.859. The van der Waals surface area contributed by atoms with Gasteiger partial charge in [-0.3, -0.25) is 4.79 Å². The van der Waals surface area contributed by atoms with E-state index in [1.807, 2.05) is 0 Å². The summed E-state index contributed by atoms with van der Waals surface area (Å²) in [7, 11) is 3.30. The van der Waals surface area contributed by atoms with Crippen LogP contribution in [0.25, 0.3) is 0 Å². The van der Waals surface area contributed by atoms with Gasteiger partial charge in [0.1, 0.15) is 6.04 Å². The van der Waals surface area contributed by atoms with Crippen LogP contribution in [0.4, 0.5) is 20.2 Å². The molecule has 0 radical (unpaired) electrons. The van der Waals surface area contributed by atoms with E-state index >= 15 is 0 Å². The van der Waals surface area contributed by atoms with Crippen LogP contribution >= 0.6 is 0 Å². The number of rotatable bonds is 4. The van der Waals surface area contributed by atoms with Gasteiger partial charge < -0.3 is 15.5 Å². The maximum atomic E-state index is 12.3. The largest absolute Gasteiger partial charge is 0.369 e. The zero-order valence-corrected chi connectivity index (χ0v) is 10.2. The Morgan fingerprint density at radius 2 is 2.22 bits per heavy atom. The SMILES string of the molecule is CNC1C(=O)Nc2cc(N(C)CC(F)F)ccc21. The molecule has 0 spiro atoms. The average Bonchev–Trinajstić information content (AvgIpc) is 2.62.